The van der Waals surface area contributed by atoms with Gasteiger partial charge in [-0.05, 0) is 40.6 Å². The van der Waals surface area contributed by atoms with Gasteiger partial charge in [0.05, 0.1) is 17.4 Å². The number of hydrogen-bond donors (Lipinski definition) is 2. The van der Waals surface area contributed by atoms with Crippen molar-refractivity contribution < 1.29 is 4.74 Å². The largest absolute Gasteiger partial charge is 0.487 e. The topological polar surface area (TPSA) is 79.5 Å². The van der Waals surface area contributed by atoms with E-state index >= 15 is 0 Å². The Hall–Kier alpha value is -2.12. The van der Waals surface area contributed by atoms with Crippen molar-refractivity contribution in [2.45, 2.75) is 25.6 Å². The number of nitrogens with zero attached hydrogens (tertiary/aromatic N) is 4. The Morgan fingerprint density at radius 2 is 2.17 bits per heavy atom. The van der Waals surface area contributed by atoms with Crippen LogP contribution in [0.2, 0.25) is 0 Å². The number of nitrogen functional groups attached to an aromatic ring is 1. The second kappa shape index (κ2) is 6.78. The van der Waals surface area contributed by atoms with E-state index in [1.54, 1.807) is 0 Å². The lowest BCUT2D eigenvalue weighted by molar-refractivity contribution is 0.209. The molecule has 0 spiro atoms. The molecule has 0 amide bonds. The first-order valence-corrected chi connectivity index (χ1v) is 8.26. The van der Waals surface area contributed by atoms with Gasteiger partial charge in [-0.3, -0.25) is 4.90 Å². The Morgan fingerprint density at radius 1 is 1.38 bits per heavy atom. The van der Waals surface area contributed by atoms with E-state index in [9.17, 15) is 0 Å². The number of fused-ring (bicyclic) bond motifs is 1. The minimum absolute atomic E-state index is 0.155. The lowest BCUT2D eigenvalue weighted by Crippen LogP contribution is -2.32. The molecule has 1 aliphatic heterocycles. The molecule has 1 saturated heterocycles. The predicted molar refractivity (Wildman–Crippen MR) is 97.3 cm³/mol. The van der Waals surface area contributed by atoms with Gasteiger partial charge >= 0.3 is 0 Å². The van der Waals surface area contributed by atoms with Crippen molar-refractivity contribution in [1.29, 1.82) is 0 Å². The van der Waals surface area contributed by atoms with Crippen LogP contribution in [0.3, 0.4) is 0 Å². The van der Waals surface area contributed by atoms with Crippen molar-refractivity contribution in [3.05, 3.63) is 18.5 Å². The summed E-state index contributed by atoms with van der Waals surface area (Å²) in [4.78, 5) is 12.8. The molecule has 7 heteroatoms. The molecule has 1 unspecified atom stereocenters. The van der Waals surface area contributed by atoms with E-state index in [-0.39, 0.29) is 12.3 Å². The molecule has 3 rings (SSSR count). The number of nitrogens with two attached hydrogens (primary N) is 1. The molecule has 0 bridgehead atoms. The smallest absolute Gasteiger partial charge is 0.145 e. The molecule has 2 aromatic rings. The van der Waals surface area contributed by atoms with Gasteiger partial charge < -0.3 is 20.7 Å². The van der Waals surface area contributed by atoms with Gasteiger partial charge in [0.1, 0.15) is 24.0 Å². The molecule has 0 saturated carbocycles. The number of anilines is 2. The van der Waals surface area contributed by atoms with Crippen LogP contribution in [0.1, 0.15) is 13.3 Å². The van der Waals surface area contributed by atoms with Crippen LogP contribution in [-0.2, 0) is 0 Å². The van der Waals surface area contributed by atoms with Crippen LogP contribution in [0.25, 0.3) is 10.9 Å². The van der Waals surface area contributed by atoms with Crippen LogP contribution < -0.4 is 15.8 Å². The third-order valence-electron chi connectivity index (χ3n) is 4.55. The van der Waals surface area contributed by atoms with Crippen LogP contribution in [0, 0.1) is 0 Å². The molecule has 3 N–H and O–H groups in total. The molecule has 130 valence electrons. The second-order valence-electron chi connectivity index (χ2n) is 6.70. The van der Waals surface area contributed by atoms with E-state index in [4.69, 9.17) is 10.5 Å². The van der Waals surface area contributed by atoms with Gasteiger partial charge in [0, 0.05) is 24.5 Å². The Balaban J connectivity index is 1.97. The standard InChI is InChI=1S/C17H26N6O/c1-11(22(2)3)21-15-7-13-14(19-10-20-17(13)18)8-16(15)24-12-5-6-23(4)9-12/h7-8,10-12,21H,5-6,9H2,1-4H3,(H2,18,19,20)/t11?,12-/m1/s1. The zero-order chi connectivity index (χ0) is 17.3. The highest BCUT2D eigenvalue weighted by atomic mass is 16.5. The summed E-state index contributed by atoms with van der Waals surface area (Å²) in [5.41, 5.74) is 7.73. The Kier molecular flexibility index (Phi) is 4.73. The van der Waals surface area contributed by atoms with E-state index < -0.39 is 0 Å². The summed E-state index contributed by atoms with van der Waals surface area (Å²) < 4.78 is 6.28. The Morgan fingerprint density at radius 3 is 2.83 bits per heavy atom. The van der Waals surface area contributed by atoms with Crippen LogP contribution in [-0.4, -0.2) is 66.3 Å². The van der Waals surface area contributed by atoms with E-state index in [0.29, 0.717) is 5.82 Å². The fraction of sp³-hybridized carbons (Fsp3) is 0.529. The van der Waals surface area contributed by atoms with E-state index in [1.165, 1.54) is 6.33 Å². The predicted octanol–water partition coefficient (Wildman–Crippen LogP) is 1.61. The van der Waals surface area contributed by atoms with Gasteiger partial charge in [0.15, 0.2) is 0 Å². The molecule has 2 atom stereocenters. The van der Waals surface area contributed by atoms with E-state index in [2.05, 4.69) is 39.1 Å². The summed E-state index contributed by atoms with van der Waals surface area (Å²) in [5, 5.41) is 4.33. The minimum atomic E-state index is 0.155. The van der Waals surface area contributed by atoms with Crippen LogP contribution in [0.4, 0.5) is 11.5 Å². The lowest BCUT2D eigenvalue weighted by atomic mass is 10.2. The van der Waals surface area contributed by atoms with Gasteiger partial charge in [-0.15, -0.1) is 0 Å². The van der Waals surface area contributed by atoms with Crippen LogP contribution in [0.5, 0.6) is 5.75 Å². The minimum Gasteiger partial charge on any atom is -0.487 e. The number of likely N-dealkylation sites (N-methyl/N-ethyl adjacent to an activating group) is 1. The maximum Gasteiger partial charge on any atom is 0.145 e. The SMILES string of the molecule is CC(Nc1cc2c(N)ncnc2cc1O[C@@H]1CCN(C)C1)N(C)C. The fourth-order valence-corrected chi connectivity index (χ4v) is 2.84. The van der Waals surface area contributed by atoms with Crippen molar-refractivity contribution in [2.24, 2.45) is 0 Å². The number of benzene rings is 1. The maximum absolute atomic E-state index is 6.28. The van der Waals surface area contributed by atoms with E-state index in [0.717, 1.165) is 41.9 Å². The number of hydrogen-bond acceptors (Lipinski definition) is 7. The summed E-state index contributed by atoms with van der Waals surface area (Å²) in [7, 11) is 6.18. The van der Waals surface area contributed by atoms with Gasteiger partial charge in [-0.25, -0.2) is 9.97 Å². The number of rotatable bonds is 5. The number of ether oxygens (including phenoxy) is 1. The van der Waals surface area contributed by atoms with Gasteiger partial charge in [-0.1, -0.05) is 0 Å². The highest BCUT2D eigenvalue weighted by Gasteiger charge is 2.23. The average molecular weight is 330 g/mol. The van der Waals surface area contributed by atoms with Crippen molar-refractivity contribution >= 4 is 22.4 Å². The highest BCUT2D eigenvalue weighted by Crippen LogP contribution is 2.33. The number of aromatic nitrogens is 2. The molecule has 0 aliphatic carbocycles. The molecule has 0 radical (unpaired) electrons. The first kappa shape index (κ1) is 16.7. The molecule has 2 heterocycles. The zero-order valence-electron chi connectivity index (χ0n) is 14.8. The van der Waals surface area contributed by atoms with Crippen molar-refractivity contribution in [2.75, 3.05) is 45.3 Å². The van der Waals surface area contributed by atoms with Crippen molar-refractivity contribution in [3.63, 3.8) is 0 Å². The summed E-state index contributed by atoms with van der Waals surface area (Å²) in [6.45, 7) is 4.10. The van der Waals surface area contributed by atoms with Crippen molar-refractivity contribution in [1.82, 2.24) is 19.8 Å². The van der Waals surface area contributed by atoms with Crippen LogP contribution in [0.15, 0.2) is 18.5 Å². The fourth-order valence-electron chi connectivity index (χ4n) is 2.84. The summed E-state index contributed by atoms with van der Waals surface area (Å²) in [6.07, 6.45) is 2.87. The molecule has 1 aliphatic rings. The number of likely N-dealkylation sites (tertiary alicyclic amines) is 1. The first-order chi connectivity index (χ1) is 11.4. The normalized spacial score (nSPS) is 19.8. The molecule has 1 aromatic carbocycles. The molecule has 7 nitrogen and oxygen atoms in total. The average Bonchev–Trinajstić information content (AvgIpc) is 2.93. The Labute approximate surface area is 142 Å². The Bertz CT molecular complexity index is 720. The van der Waals surface area contributed by atoms with Gasteiger partial charge in [0.2, 0.25) is 0 Å². The molecule has 1 fully saturated rings. The van der Waals surface area contributed by atoms with Gasteiger partial charge in [-0.2, -0.15) is 0 Å². The highest BCUT2D eigenvalue weighted by molar-refractivity contribution is 5.92. The lowest BCUT2D eigenvalue weighted by Gasteiger charge is -2.25. The third kappa shape index (κ3) is 3.52. The monoisotopic (exact) mass is 330 g/mol. The van der Waals surface area contributed by atoms with E-state index in [1.807, 2.05) is 26.2 Å². The molecule has 1 aromatic heterocycles. The quantitative estimate of drug-likeness (QED) is 0.806. The summed E-state index contributed by atoms with van der Waals surface area (Å²) in [6, 6.07) is 3.94. The van der Waals surface area contributed by atoms with Gasteiger partial charge in [0.25, 0.3) is 0 Å². The van der Waals surface area contributed by atoms with Crippen LogP contribution >= 0.6 is 0 Å². The van der Waals surface area contributed by atoms with Crippen molar-refractivity contribution in [3.8, 4) is 5.75 Å². The first-order valence-electron chi connectivity index (χ1n) is 8.26. The number of nitrogens with one attached hydrogen (secondary N) is 1. The molecular formula is C17H26N6O. The third-order valence-corrected chi connectivity index (χ3v) is 4.55. The maximum atomic E-state index is 6.28. The molecule has 24 heavy (non-hydrogen) atoms. The molecular weight excluding hydrogens is 304 g/mol. The summed E-state index contributed by atoms with van der Waals surface area (Å²) >= 11 is 0. The zero-order valence-corrected chi connectivity index (χ0v) is 14.8. The summed E-state index contributed by atoms with van der Waals surface area (Å²) in [5.74, 6) is 1.29. The second-order valence-corrected chi connectivity index (χ2v) is 6.70.